The zero-order valence-corrected chi connectivity index (χ0v) is 20.0. The summed E-state index contributed by atoms with van der Waals surface area (Å²) in [5.74, 6) is -2.32. The van der Waals surface area contributed by atoms with E-state index in [0.717, 1.165) is 9.13 Å². The Balaban J connectivity index is 2.44. The molecular weight excluding hydrogens is 521 g/mol. The number of nitrogens with two attached hydrogens (primary N) is 1. The smallest absolute Gasteiger partial charge is 0.355 e. The molecule has 0 amide bonds. The number of hydrogen-bond acceptors (Lipinski definition) is 7. The summed E-state index contributed by atoms with van der Waals surface area (Å²) in [6, 6.07) is 16.7. The van der Waals surface area contributed by atoms with Crippen molar-refractivity contribution in [3.63, 3.8) is 0 Å². The van der Waals surface area contributed by atoms with Gasteiger partial charge in [0.1, 0.15) is 11.5 Å². The molecule has 7 nitrogen and oxygen atoms in total. The monoisotopic (exact) mass is 543 g/mol. The summed E-state index contributed by atoms with van der Waals surface area (Å²) < 4.78 is 11.1. The number of carbonyl (C=O) groups excluding carboxylic acids is 2. The quantitative estimate of drug-likeness (QED) is 0.453. The summed E-state index contributed by atoms with van der Waals surface area (Å²) in [4.78, 5) is 27.6. The first-order valence-corrected chi connectivity index (χ1v) is 10.9. The molecule has 32 heavy (non-hydrogen) atoms. The van der Waals surface area contributed by atoms with Crippen LogP contribution in [0.15, 0.2) is 71.2 Å². The SMILES string of the molecule is CCc1cc(I)ccc1N1C(N)=C(C#N)C(c2ccccc2)C(C(=O)OC)=C1C(=O)OC. The van der Waals surface area contributed by atoms with Gasteiger partial charge in [-0.1, -0.05) is 37.3 Å². The van der Waals surface area contributed by atoms with Crippen molar-refractivity contribution in [2.45, 2.75) is 19.3 Å². The summed E-state index contributed by atoms with van der Waals surface area (Å²) in [5, 5.41) is 10.1. The number of halogens is 1. The molecule has 1 aliphatic rings. The number of methoxy groups -OCH3 is 2. The largest absolute Gasteiger partial charge is 0.466 e. The minimum atomic E-state index is -0.882. The molecule has 2 aromatic carbocycles. The predicted octanol–water partition coefficient (Wildman–Crippen LogP) is 3.75. The second kappa shape index (κ2) is 9.87. The Morgan fingerprint density at radius 2 is 1.78 bits per heavy atom. The zero-order valence-electron chi connectivity index (χ0n) is 17.9. The van der Waals surface area contributed by atoms with Crippen LogP contribution in [0.4, 0.5) is 5.69 Å². The summed E-state index contributed by atoms with van der Waals surface area (Å²) >= 11 is 2.20. The van der Waals surface area contributed by atoms with Crippen molar-refractivity contribution in [2.24, 2.45) is 5.73 Å². The molecule has 2 aromatic rings. The van der Waals surface area contributed by atoms with Gasteiger partial charge in [-0.05, 0) is 58.3 Å². The Bertz CT molecular complexity index is 1170. The summed E-state index contributed by atoms with van der Waals surface area (Å²) in [5.41, 5.74) is 8.71. The van der Waals surface area contributed by atoms with E-state index in [0.29, 0.717) is 17.7 Å². The predicted molar refractivity (Wildman–Crippen MR) is 128 cm³/mol. The number of rotatable bonds is 5. The second-order valence-electron chi connectivity index (χ2n) is 6.96. The Morgan fingerprint density at radius 3 is 2.34 bits per heavy atom. The van der Waals surface area contributed by atoms with Crippen LogP contribution in [0.5, 0.6) is 0 Å². The first-order valence-electron chi connectivity index (χ1n) is 9.83. The van der Waals surface area contributed by atoms with Crippen LogP contribution in [0.2, 0.25) is 0 Å². The fourth-order valence-electron chi connectivity index (χ4n) is 3.82. The molecule has 1 aliphatic heterocycles. The van der Waals surface area contributed by atoms with Crippen LogP contribution in [0, 0.1) is 14.9 Å². The number of carbonyl (C=O) groups is 2. The summed E-state index contributed by atoms with van der Waals surface area (Å²) in [6.45, 7) is 1.97. The van der Waals surface area contributed by atoms with Crippen molar-refractivity contribution in [3.05, 3.63) is 85.9 Å². The van der Waals surface area contributed by atoms with Crippen LogP contribution in [0.25, 0.3) is 0 Å². The van der Waals surface area contributed by atoms with E-state index < -0.39 is 17.9 Å². The third-order valence-corrected chi connectivity index (χ3v) is 5.94. The normalized spacial score (nSPS) is 16.0. The van der Waals surface area contributed by atoms with Gasteiger partial charge in [0.15, 0.2) is 0 Å². The molecular formula is C24H22IN3O4. The Kier molecular flexibility index (Phi) is 7.20. The Labute approximate surface area is 200 Å². The number of benzene rings is 2. The van der Waals surface area contributed by atoms with E-state index in [4.69, 9.17) is 15.2 Å². The molecule has 8 heteroatoms. The van der Waals surface area contributed by atoms with Crippen molar-refractivity contribution in [1.29, 1.82) is 5.26 Å². The number of aryl methyl sites for hydroxylation is 1. The van der Waals surface area contributed by atoms with Crippen LogP contribution in [-0.4, -0.2) is 26.2 Å². The van der Waals surface area contributed by atoms with Gasteiger partial charge in [-0.2, -0.15) is 5.26 Å². The third kappa shape index (κ3) is 4.08. The molecule has 0 aromatic heterocycles. The molecule has 0 saturated carbocycles. The Hall–Kier alpha value is -3.32. The lowest BCUT2D eigenvalue weighted by atomic mass is 9.80. The average molecular weight is 543 g/mol. The maximum Gasteiger partial charge on any atom is 0.355 e. The summed E-state index contributed by atoms with van der Waals surface area (Å²) in [7, 11) is 2.46. The lowest BCUT2D eigenvalue weighted by Gasteiger charge is -2.36. The van der Waals surface area contributed by atoms with E-state index >= 15 is 0 Å². The van der Waals surface area contributed by atoms with Gasteiger partial charge in [0, 0.05) is 3.57 Å². The Morgan fingerprint density at radius 1 is 1.12 bits per heavy atom. The fourth-order valence-corrected chi connectivity index (χ4v) is 4.37. The van der Waals surface area contributed by atoms with Crippen LogP contribution in [0.1, 0.15) is 24.0 Å². The van der Waals surface area contributed by atoms with Gasteiger partial charge in [0.05, 0.1) is 43.0 Å². The van der Waals surface area contributed by atoms with E-state index in [1.54, 1.807) is 24.3 Å². The molecule has 0 fully saturated rings. The van der Waals surface area contributed by atoms with Gasteiger partial charge < -0.3 is 15.2 Å². The van der Waals surface area contributed by atoms with E-state index in [-0.39, 0.29) is 22.7 Å². The van der Waals surface area contributed by atoms with Crippen molar-refractivity contribution in [1.82, 2.24) is 0 Å². The van der Waals surface area contributed by atoms with Crippen LogP contribution >= 0.6 is 22.6 Å². The second-order valence-corrected chi connectivity index (χ2v) is 8.21. The van der Waals surface area contributed by atoms with Gasteiger partial charge >= 0.3 is 11.9 Å². The van der Waals surface area contributed by atoms with E-state index in [2.05, 4.69) is 28.7 Å². The van der Waals surface area contributed by atoms with Crippen LogP contribution < -0.4 is 10.6 Å². The number of esters is 2. The molecule has 0 radical (unpaired) electrons. The molecule has 3 rings (SSSR count). The standard InChI is InChI=1S/C24H22IN3O4/c1-4-14-12-16(25)10-11-18(14)28-21(24(30)32-3)20(23(29)31-2)19(17(13-26)22(28)27)15-8-6-5-7-9-15/h5-12,19H,4,27H2,1-3H3. The van der Waals surface area contributed by atoms with Gasteiger partial charge in [0.25, 0.3) is 0 Å². The highest BCUT2D eigenvalue weighted by Crippen LogP contribution is 2.44. The van der Waals surface area contributed by atoms with Gasteiger partial charge in [-0.15, -0.1) is 0 Å². The maximum absolute atomic E-state index is 13.1. The molecule has 164 valence electrons. The number of ether oxygens (including phenoxy) is 2. The summed E-state index contributed by atoms with van der Waals surface area (Å²) in [6.07, 6.45) is 0.641. The molecule has 0 aliphatic carbocycles. The number of allylic oxidation sites excluding steroid dienone is 1. The number of anilines is 1. The minimum Gasteiger partial charge on any atom is -0.466 e. The van der Waals surface area contributed by atoms with E-state index in [9.17, 15) is 14.9 Å². The van der Waals surface area contributed by atoms with Gasteiger partial charge in [-0.3, -0.25) is 4.90 Å². The number of nitrogens with zero attached hydrogens (tertiary/aromatic N) is 2. The number of nitriles is 1. The van der Waals surface area contributed by atoms with Crippen molar-refractivity contribution < 1.29 is 19.1 Å². The van der Waals surface area contributed by atoms with Crippen molar-refractivity contribution in [3.8, 4) is 6.07 Å². The third-order valence-electron chi connectivity index (χ3n) is 5.27. The zero-order chi connectivity index (χ0) is 23.4. The van der Waals surface area contributed by atoms with Crippen LogP contribution in [-0.2, 0) is 25.5 Å². The highest BCUT2D eigenvalue weighted by Gasteiger charge is 2.43. The lowest BCUT2D eigenvalue weighted by molar-refractivity contribution is -0.139. The highest BCUT2D eigenvalue weighted by atomic mass is 127. The molecule has 0 spiro atoms. The lowest BCUT2D eigenvalue weighted by Crippen LogP contribution is -2.41. The molecule has 1 atom stereocenters. The average Bonchev–Trinajstić information content (AvgIpc) is 2.82. The molecule has 2 N–H and O–H groups in total. The van der Waals surface area contributed by atoms with Crippen molar-refractivity contribution >= 4 is 40.2 Å². The highest BCUT2D eigenvalue weighted by molar-refractivity contribution is 14.1. The topological polar surface area (TPSA) is 106 Å². The first kappa shape index (κ1) is 23.3. The van der Waals surface area contributed by atoms with Gasteiger partial charge in [0.2, 0.25) is 0 Å². The van der Waals surface area contributed by atoms with Crippen LogP contribution in [0.3, 0.4) is 0 Å². The van der Waals surface area contributed by atoms with E-state index in [1.165, 1.54) is 19.1 Å². The molecule has 0 saturated heterocycles. The first-order chi connectivity index (χ1) is 15.4. The van der Waals surface area contributed by atoms with E-state index in [1.807, 2.05) is 31.2 Å². The maximum atomic E-state index is 13.1. The minimum absolute atomic E-state index is 0.00287. The fraction of sp³-hybridized carbons (Fsp3) is 0.208. The number of hydrogen-bond donors (Lipinski definition) is 1. The molecule has 1 heterocycles. The van der Waals surface area contributed by atoms with Gasteiger partial charge in [-0.25, -0.2) is 9.59 Å². The van der Waals surface area contributed by atoms with Crippen molar-refractivity contribution in [2.75, 3.05) is 19.1 Å². The molecule has 0 bridgehead atoms. The molecule has 1 unspecified atom stereocenters.